The minimum Gasteiger partial charge on any atom is -0.159 e. The van der Waals surface area contributed by atoms with E-state index >= 15 is 0 Å². The van der Waals surface area contributed by atoms with E-state index in [0.29, 0.717) is 0 Å². The average molecular weight is 82.1 g/mol. The van der Waals surface area contributed by atoms with Gasteiger partial charge in [0.2, 0.25) is 0 Å². The van der Waals surface area contributed by atoms with Gasteiger partial charge in [-0.1, -0.05) is 0 Å². The summed E-state index contributed by atoms with van der Waals surface area (Å²) in [6.45, 7) is 0. The Hall–Kier alpha value is -0.920. The standard InChI is InChI=1S/C4H4N2/c1-2-4-6-5-3-1/h1-4H/i1+1,2+1. The third-order valence-electron chi connectivity index (χ3n) is 0.483. The van der Waals surface area contributed by atoms with E-state index in [1.807, 2.05) is 12.1 Å². The smallest absolute Gasteiger partial charge is 0.0496 e. The van der Waals surface area contributed by atoms with Crippen molar-refractivity contribution in [2.45, 2.75) is 0 Å². The molecule has 0 aliphatic rings. The molecular formula is C4H4N2. The number of nitrogens with zero attached hydrogens (tertiary/aromatic N) is 2. The van der Waals surface area contributed by atoms with E-state index in [-0.39, 0.29) is 0 Å². The molecule has 0 fully saturated rings. The maximum atomic E-state index is 3.53. The molecule has 1 aromatic rings. The second-order valence-electron chi connectivity index (χ2n) is 0.914. The molecule has 0 spiro atoms. The number of rotatable bonds is 0. The largest absolute Gasteiger partial charge is 0.159 e. The summed E-state index contributed by atoms with van der Waals surface area (Å²) in [7, 11) is 0. The average Bonchev–Trinajstić information content (AvgIpc) is 1.72. The predicted octanol–water partition coefficient (Wildman–Crippen LogP) is 0.477. The van der Waals surface area contributed by atoms with Crippen LogP contribution >= 0.6 is 0 Å². The van der Waals surface area contributed by atoms with Gasteiger partial charge in [-0.25, -0.2) is 0 Å². The van der Waals surface area contributed by atoms with Gasteiger partial charge in [-0.15, -0.1) is 0 Å². The normalized spacial score (nSPS) is 8.00. The zero-order chi connectivity index (χ0) is 4.24. The number of hydrogen-bond donors (Lipinski definition) is 0. The fourth-order valence-electron chi connectivity index (χ4n) is 0.253. The lowest BCUT2D eigenvalue weighted by molar-refractivity contribution is 1.03. The van der Waals surface area contributed by atoms with Gasteiger partial charge in [0.05, 0.1) is 0 Å². The van der Waals surface area contributed by atoms with Crippen LogP contribution in [-0.2, 0) is 0 Å². The first-order chi connectivity index (χ1) is 3.00. The van der Waals surface area contributed by atoms with Gasteiger partial charge in [-0.2, -0.15) is 10.2 Å². The van der Waals surface area contributed by atoms with E-state index in [1.54, 1.807) is 12.4 Å². The Kier molecular flexibility index (Phi) is 0.819. The first-order valence-corrected chi connectivity index (χ1v) is 1.72. The Morgan fingerprint density at radius 2 is 1.33 bits per heavy atom. The summed E-state index contributed by atoms with van der Waals surface area (Å²) in [5.74, 6) is 0. The molecule has 1 rings (SSSR count). The molecule has 0 aliphatic heterocycles. The lowest BCUT2D eigenvalue weighted by Crippen LogP contribution is -1.69. The first-order valence-electron chi connectivity index (χ1n) is 1.72. The summed E-state index contributed by atoms with van der Waals surface area (Å²) in [5.41, 5.74) is 0. The number of aromatic nitrogens is 2. The molecule has 0 saturated carbocycles. The SMILES string of the molecule is c1[13cH][13cH]cnn1. The maximum Gasteiger partial charge on any atom is 0.0496 e. The van der Waals surface area contributed by atoms with Gasteiger partial charge in [0, 0.05) is 12.4 Å². The van der Waals surface area contributed by atoms with Crippen molar-refractivity contribution in [2.24, 2.45) is 0 Å². The fraction of sp³-hybridized carbons (Fsp3) is 0. The molecule has 30 valence electrons. The summed E-state index contributed by atoms with van der Waals surface area (Å²) >= 11 is 0. The van der Waals surface area contributed by atoms with Crippen LogP contribution in [0.5, 0.6) is 0 Å². The molecule has 0 aromatic carbocycles. The van der Waals surface area contributed by atoms with E-state index in [9.17, 15) is 0 Å². The van der Waals surface area contributed by atoms with Crippen LogP contribution in [0.2, 0.25) is 0 Å². The summed E-state index contributed by atoms with van der Waals surface area (Å²) in [6, 6.07) is 3.65. The molecule has 0 amide bonds. The lowest BCUT2D eigenvalue weighted by atomic mass is 11.1. The molecule has 2 heteroatoms. The lowest BCUT2D eigenvalue weighted by Gasteiger charge is -1.69. The van der Waals surface area contributed by atoms with Gasteiger partial charge >= 0.3 is 0 Å². The van der Waals surface area contributed by atoms with Gasteiger partial charge in [0.25, 0.3) is 0 Å². The highest BCUT2D eigenvalue weighted by Gasteiger charge is 1.59. The van der Waals surface area contributed by atoms with Crippen molar-refractivity contribution in [1.82, 2.24) is 10.2 Å². The Bertz CT molecular complexity index is 77.5. The van der Waals surface area contributed by atoms with Crippen LogP contribution in [0.3, 0.4) is 0 Å². The number of hydrogen-bond acceptors (Lipinski definition) is 2. The van der Waals surface area contributed by atoms with Crippen LogP contribution in [0, 0.1) is 0 Å². The highest BCUT2D eigenvalue weighted by molar-refractivity contribution is 4.79. The van der Waals surface area contributed by atoms with Crippen LogP contribution in [0.1, 0.15) is 0 Å². The quantitative estimate of drug-likeness (QED) is 0.454. The summed E-state index contributed by atoms with van der Waals surface area (Å²) in [4.78, 5) is 0. The molecule has 6 heavy (non-hydrogen) atoms. The van der Waals surface area contributed by atoms with Crippen molar-refractivity contribution in [3.05, 3.63) is 24.5 Å². The third kappa shape index (κ3) is 0.516. The Balaban J connectivity index is 3.00. The molecule has 0 atom stereocenters. The minimum absolute atomic E-state index is 1.64. The van der Waals surface area contributed by atoms with Crippen molar-refractivity contribution < 1.29 is 0 Å². The van der Waals surface area contributed by atoms with Crippen LogP contribution in [0.15, 0.2) is 24.5 Å². The molecule has 1 heterocycles. The van der Waals surface area contributed by atoms with Crippen LogP contribution in [0.25, 0.3) is 0 Å². The molecule has 0 N–H and O–H groups in total. The zero-order valence-corrected chi connectivity index (χ0v) is 3.20. The van der Waals surface area contributed by atoms with Crippen LogP contribution < -0.4 is 0 Å². The first kappa shape index (κ1) is 3.28. The molecular weight excluding hydrogens is 78.0 g/mol. The second-order valence-corrected chi connectivity index (χ2v) is 0.914. The highest BCUT2D eigenvalue weighted by Crippen LogP contribution is 1.68. The summed E-state index contributed by atoms with van der Waals surface area (Å²) in [5, 5.41) is 7.07. The fourth-order valence-corrected chi connectivity index (χ4v) is 0.253. The predicted molar refractivity (Wildman–Crippen MR) is 22.0 cm³/mol. The van der Waals surface area contributed by atoms with E-state index in [2.05, 4.69) is 10.2 Å². The highest BCUT2D eigenvalue weighted by atomic mass is 15.1. The Morgan fingerprint density at radius 3 is 1.50 bits per heavy atom. The second kappa shape index (κ2) is 1.50. The van der Waals surface area contributed by atoms with E-state index < -0.39 is 0 Å². The van der Waals surface area contributed by atoms with Gasteiger partial charge < -0.3 is 0 Å². The van der Waals surface area contributed by atoms with Crippen molar-refractivity contribution in [3.63, 3.8) is 0 Å². The van der Waals surface area contributed by atoms with Gasteiger partial charge in [0.1, 0.15) is 0 Å². The monoisotopic (exact) mass is 82.0 g/mol. The van der Waals surface area contributed by atoms with E-state index in [1.165, 1.54) is 0 Å². The van der Waals surface area contributed by atoms with Crippen molar-refractivity contribution >= 4 is 0 Å². The van der Waals surface area contributed by atoms with E-state index in [0.717, 1.165) is 0 Å². The maximum absolute atomic E-state index is 3.53. The van der Waals surface area contributed by atoms with Gasteiger partial charge in [-0.3, -0.25) is 0 Å². The molecule has 0 bridgehead atoms. The van der Waals surface area contributed by atoms with Crippen LogP contribution in [0.4, 0.5) is 0 Å². The Morgan fingerprint density at radius 1 is 0.833 bits per heavy atom. The molecule has 0 saturated heterocycles. The van der Waals surface area contributed by atoms with Crippen molar-refractivity contribution in [3.8, 4) is 0 Å². The van der Waals surface area contributed by atoms with E-state index in [4.69, 9.17) is 0 Å². The minimum atomic E-state index is 1.64. The van der Waals surface area contributed by atoms with Crippen LogP contribution in [-0.4, -0.2) is 10.2 Å². The summed E-state index contributed by atoms with van der Waals surface area (Å²) in [6.07, 6.45) is 3.28. The molecule has 2 nitrogen and oxygen atoms in total. The molecule has 0 unspecified atom stereocenters. The van der Waals surface area contributed by atoms with Crippen molar-refractivity contribution in [2.75, 3.05) is 0 Å². The topological polar surface area (TPSA) is 25.8 Å². The molecule has 0 radical (unpaired) electrons. The zero-order valence-electron chi connectivity index (χ0n) is 3.20. The molecule has 1 aromatic heterocycles. The van der Waals surface area contributed by atoms with Crippen molar-refractivity contribution in [1.29, 1.82) is 0 Å². The molecule has 0 aliphatic carbocycles. The third-order valence-corrected chi connectivity index (χ3v) is 0.483. The van der Waals surface area contributed by atoms with Gasteiger partial charge in [0.15, 0.2) is 0 Å². The van der Waals surface area contributed by atoms with Gasteiger partial charge in [-0.05, 0) is 12.1 Å². The summed E-state index contributed by atoms with van der Waals surface area (Å²) < 4.78 is 0. The Labute approximate surface area is 35.8 Å².